The van der Waals surface area contributed by atoms with E-state index < -0.39 is 0 Å². The number of phenolic OH excluding ortho intramolecular Hbond substituents is 1. The summed E-state index contributed by atoms with van der Waals surface area (Å²) in [6.07, 6.45) is 6.78. The molecule has 2 fully saturated rings. The third-order valence-corrected chi connectivity index (χ3v) is 6.66. The first-order chi connectivity index (χ1) is 9.59. The minimum atomic E-state index is -0.0883. The number of hydrogen-bond acceptors (Lipinski definition) is 2. The van der Waals surface area contributed by atoms with Crippen molar-refractivity contribution in [2.75, 3.05) is 0 Å². The summed E-state index contributed by atoms with van der Waals surface area (Å²) in [5.41, 5.74) is 2.99. The van der Waals surface area contributed by atoms with Crippen molar-refractivity contribution >= 4 is 0 Å². The molecule has 2 saturated carbocycles. The van der Waals surface area contributed by atoms with Crippen molar-refractivity contribution in [3.8, 4) is 5.75 Å². The van der Waals surface area contributed by atoms with Crippen LogP contribution < -0.4 is 29.6 Å². The Morgan fingerprint density at radius 3 is 2.81 bits per heavy atom. The van der Waals surface area contributed by atoms with Gasteiger partial charge >= 0.3 is 29.6 Å². The number of aliphatic hydroxyl groups is 1. The van der Waals surface area contributed by atoms with Crippen molar-refractivity contribution in [3.63, 3.8) is 0 Å². The number of rotatable bonds is 0. The number of fused-ring (bicyclic) bond motifs is 5. The molecule has 0 aromatic heterocycles. The fourth-order valence-electron chi connectivity index (χ4n) is 5.54. The monoisotopic (exact) mass is 296 g/mol. The molecule has 0 aliphatic heterocycles. The third kappa shape index (κ3) is 2.30. The fourth-order valence-corrected chi connectivity index (χ4v) is 5.54. The summed E-state index contributed by atoms with van der Waals surface area (Å²) in [4.78, 5) is 0. The van der Waals surface area contributed by atoms with E-state index in [0.29, 0.717) is 17.6 Å². The van der Waals surface area contributed by atoms with Gasteiger partial charge in [-0.1, -0.05) is 13.0 Å². The molecule has 110 valence electrons. The van der Waals surface area contributed by atoms with Gasteiger partial charge in [0.1, 0.15) is 5.75 Å². The molecule has 1 aromatic rings. The molecule has 0 spiro atoms. The van der Waals surface area contributed by atoms with Gasteiger partial charge in [-0.2, -0.15) is 0 Å². The molecule has 0 unspecified atom stereocenters. The molecule has 3 aliphatic carbocycles. The van der Waals surface area contributed by atoms with Gasteiger partial charge in [-0.25, -0.2) is 0 Å². The van der Waals surface area contributed by atoms with Crippen molar-refractivity contribution < 1.29 is 41.2 Å². The second-order valence-electron chi connectivity index (χ2n) is 7.44. The van der Waals surface area contributed by atoms with Gasteiger partial charge in [0.25, 0.3) is 0 Å². The normalized spacial score (nSPS) is 40.7. The predicted molar refractivity (Wildman–Crippen MR) is 79.8 cm³/mol. The number of hydrogen-bond donors (Lipinski definition) is 2. The van der Waals surface area contributed by atoms with Gasteiger partial charge in [-0.3, -0.25) is 0 Å². The van der Waals surface area contributed by atoms with Crippen molar-refractivity contribution in [1.29, 1.82) is 0 Å². The summed E-state index contributed by atoms with van der Waals surface area (Å²) < 4.78 is 0. The smallest absolute Gasteiger partial charge is 1.00 e. The molecule has 0 saturated heterocycles. The summed E-state index contributed by atoms with van der Waals surface area (Å²) in [6.45, 7) is 2.32. The van der Waals surface area contributed by atoms with Crippen LogP contribution in [0.5, 0.6) is 5.75 Å². The molecule has 2 nitrogen and oxygen atoms in total. The standard InChI is InChI=1S/C18H24O2.Na.H/c1-18-9-8-14-13-5-3-12(19)10-11(13)2-4-15(14)16(18)6-7-17(18)20;;/h3,5,10,14-17,19-20H,2,4,6-9H2,1H3;;/q;+1;-1/t14-,15-,16+,17-,18+;;/m1../s1. The Morgan fingerprint density at radius 1 is 1.19 bits per heavy atom. The zero-order valence-corrected chi connectivity index (χ0v) is 15.2. The Labute approximate surface area is 150 Å². The van der Waals surface area contributed by atoms with E-state index in [9.17, 15) is 10.2 Å². The largest absolute Gasteiger partial charge is 1.00 e. The molecule has 0 radical (unpaired) electrons. The van der Waals surface area contributed by atoms with Crippen LogP contribution >= 0.6 is 0 Å². The third-order valence-electron chi connectivity index (χ3n) is 6.66. The van der Waals surface area contributed by atoms with Crippen molar-refractivity contribution in [2.45, 2.75) is 57.5 Å². The van der Waals surface area contributed by atoms with Crippen LogP contribution in [0, 0.1) is 17.3 Å². The Morgan fingerprint density at radius 2 is 2.00 bits per heavy atom. The number of benzene rings is 1. The number of aromatic hydroxyl groups is 1. The second kappa shape index (κ2) is 5.56. The van der Waals surface area contributed by atoms with Gasteiger partial charge in [0.15, 0.2) is 0 Å². The first-order valence-electron chi connectivity index (χ1n) is 8.09. The average molecular weight is 296 g/mol. The van der Waals surface area contributed by atoms with E-state index in [1.807, 2.05) is 12.1 Å². The first-order valence-corrected chi connectivity index (χ1v) is 8.09. The van der Waals surface area contributed by atoms with Gasteiger partial charge in [-0.15, -0.1) is 0 Å². The zero-order chi connectivity index (χ0) is 13.9. The molecular weight excluding hydrogens is 271 g/mol. The Balaban J connectivity index is 0.000000882. The molecule has 0 heterocycles. The first kappa shape index (κ1) is 15.9. The zero-order valence-electron chi connectivity index (χ0n) is 14.2. The molecule has 1 aromatic carbocycles. The summed E-state index contributed by atoms with van der Waals surface area (Å²) >= 11 is 0. The molecule has 5 atom stereocenters. The number of aliphatic hydroxyl groups excluding tert-OH is 1. The quantitative estimate of drug-likeness (QED) is 0.693. The van der Waals surface area contributed by atoms with Crippen LogP contribution in [-0.2, 0) is 6.42 Å². The average Bonchev–Trinajstić information content (AvgIpc) is 2.74. The Kier molecular flexibility index (Phi) is 4.20. The molecular formula is C18H25NaO2. The minimum absolute atomic E-state index is 0. The molecule has 21 heavy (non-hydrogen) atoms. The molecule has 2 N–H and O–H groups in total. The van der Waals surface area contributed by atoms with Crippen molar-refractivity contribution in [1.82, 2.24) is 0 Å². The SMILES string of the molecule is C[C@]12CC[C@@H]3c4ccc(O)cc4CC[C@H]3[C@@H]1CC[C@H]2O.[H-].[Na+]. The Hall–Kier alpha value is -0.0200. The Bertz CT molecular complexity index is 550. The molecule has 4 rings (SSSR count). The molecule has 0 amide bonds. The van der Waals surface area contributed by atoms with Crippen LogP contribution in [0.1, 0.15) is 57.5 Å². The minimum Gasteiger partial charge on any atom is -1.00 e. The summed E-state index contributed by atoms with van der Waals surface area (Å²) in [7, 11) is 0. The van der Waals surface area contributed by atoms with Gasteiger partial charge in [-0.05, 0) is 85.0 Å². The van der Waals surface area contributed by atoms with E-state index in [1.54, 1.807) is 0 Å². The predicted octanol–water partition coefficient (Wildman–Crippen LogP) is 0.726. The number of phenols is 1. The second-order valence-corrected chi connectivity index (χ2v) is 7.44. The van der Waals surface area contributed by atoms with Crippen LogP contribution in [0.4, 0.5) is 0 Å². The maximum absolute atomic E-state index is 10.4. The molecule has 0 bridgehead atoms. The van der Waals surface area contributed by atoms with Gasteiger partial charge in [0.2, 0.25) is 0 Å². The van der Waals surface area contributed by atoms with E-state index in [2.05, 4.69) is 13.0 Å². The summed E-state index contributed by atoms with van der Waals surface area (Å²) in [5, 5.41) is 20.0. The van der Waals surface area contributed by atoms with Crippen LogP contribution in [0.3, 0.4) is 0 Å². The van der Waals surface area contributed by atoms with Crippen LogP contribution in [-0.4, -0.2) is 16.3 Å². The van der Waals surface area contributed by atoms with Gasteiger partial charge in [0, 0.05) is 0 Å². The van der Waals surface area contributed by atoms with E-state index in [4.69, 9.17) is 0 Å². The van der Waals surface area contributed by atoms with Crippen LogP contribution in [0.25, 0.3) is 0 Å². The van der Waals surface area contributed by atoms with E-state index in [-0.39, 0.29) is 42.5 Å². The van der Waals surface area contributed by atoms with Crippen LogP contribution in [0.2, 0.25) is 0 Å². The molecule has 3 heteroatoms. The van der Waals surface area contributed by atoms with Gasteiger partial charge < -0.3 is 11.6 Å². The summed E-state index contributed by atoms with van der Waals surface area (Å²) in [6, 6.07) is 5.96. The van der Waals surface area contributed by atoms with E-state index >= 15 is 0 Å². The van der Waals surface area contributed by atoms with Crippen molar-refractivity contribution in [2.24, 2.45) is 17.3 Å². The summed E-state index contributed by atoms with van der Waals surface area (Å²) in [5.74, 6) is 2.49. The van der Waals surface area contributed by atoms with Crippen molar-refractivity contribution in [3.05, 3.63) is 29.3 Å². The topological polar surface area (TPSA) is 40.5 Å². The van der Waals surface area contributed by atoms with Crippen LogP contribution in [0.15, 0.2) is 18.2 Å². The number of aryl methyl sites for hydroxylation is 1. The van der Waals surface area contributed by atoms with E-state index in [1.165, 1.54) is 30.4 Å². The maximum atomic E-state index is 10.4. The van der Waals surface area contributed by atoms with Gasteiger partial charge in [0.05, 0.1) is 6.10 Å². The maximum Gasteiger partial charge on any atom is 1.00 e. The van der Waals surface area contributed by atoms with E-state index in [0.717, 1.165) is 25.2 Å². The molecule has 3 aliphatic rings. The fraction of sp³-hybridized carbons (Fsp3) is 0.667.